The summed E-state index contributed by atoms with van der Waals surface area (Å²) in [5.74, 6) is 0.706. The summed E-state index contributed by atoms with van der Waals surface area (Å²) in [7, 11) is 0. The Kier molecular flexibility index (Phi) is 4.39. The van der Waals surface area contributed by atoms with Crippen molar-refractivity contribution in [3.8, 4) is 0 Å². The number of carbonyl (C=O) groups is 1. The molecule has 0 aliphatic heterocycles. The Morgan fingerprint density at radius 1 is 1.16 bits per heavy atom. The fourth-order valence-electron chi connectivity index (χ4n) is 1.99. The van der Waals surface area contributed by atoms with Gasteiger partial charge in [0, 0.05) is 11.8 Å². The average molecular weight is 254 g/mol. The zero-order valence-electron chi connectivity index (χ0n) is 11.3. The Bertz CT molecular complexity index is 532. The molecule has 98 valence electrons. The van der Waals surface area contributed by atoms with Crippen LogP contribution < -0.4 is 0 Å². The number of ketones is 1. The average Bonchev–Trinajstić information content (AvgIpc) is 2.40. The maximum absolute atomic E-state index is 12.1. The summed E-state index contributed by atoms with van der Waals surface area (Å²) in [6.45, 7) is 4.38. The molecular weight excluding hydrogens is 236 g/mol. The zero-order chi connectivity index (χ0) is 13.7. The summed E-state index contributed by atoms with van der Waals surface area (Å²) in [6.07, 6.45) is 2.95. The first kappa shape index (κ1) is 13.4. The van der Waals surface area contributed by atoms with Crippen LogP contribution in [0.2, 0.25) is 0 Å². The summed E-state index contributed by atoms with van der Waals surface area (Å²) in [5, 5.41) is 7.71. The maximum atomic E-state index is 12.1. The Morgan fingerprint density at radius 2 is 1.89 bits per heavy atom. The van der Waals surface area contributed by atoms with E-state index in [1.165, 1.54) is 5.56 Å². The molecule has 3 heteroatoms. The van der Waals surface area contributed by atoms with Gasteiger partial charge in [0.05, 0.1) is 12.1 Å². The minimum absolute atomic E-state index is 0.0802. The van der Waals surface area contributed by atoms with Crippen LogP contribution in [0.5, 0.6) is 0 Å². The van der Waals surface area contributed by atoms with Gasteiger partial charge in [-0.2, -0.15) is 10.2 Å². The summed E-state index contributed by atoms with van der Waals surface area (Å²) in [4.78, 5) is 12.1. The van der Waals surface area contributed by atoms with Crippen molar-refractivity contribution >= 4 is 5.78 Å². The van der Waals surface area contributed by atoms with E-state index in [1.807, 2.05) is 30.3 Å². The second kappa shape index (κ2) is 6.23. The number of carbonyl (C=O) groups excluding carboxylic acids is 1. The molecule has 0 atom stereocenters. The third-order valence-electron chi connectivity index (χ3n) is 2.89. The van der Waals surface area contributed by atoms with E-state index in [0.29, 0.717) is 18.0 Å². The molecule has 3 nitrogen and oxygen atoms in total. The highest BCUT2D eigenvalue weighted by Gasteiger charge is 2.08. The van der Waals surface area contributed by atoms with Gasteiger partial charge >= 0.3 is 0 Å². The van der Waals surface area contributed by atoms with Crippen LogP contribution in [0.25, 0.3) is 0 Å². The van der Waals surface area contributed by atoms with E-state index in [-0.39, 0.29) is 5.78 Å². The van der Waals surface area contributed by atoms with Gasteiger partial charge < -0.3 is 0 Å². The highest BCUT2D eigenvalue weighted by molar-refractivity contribution is 5.97. The minimum Gasteiger partial charge on any atom is -0.294 e. The Labute approximate surface area is 113 Å². The van der Waals surface area contributed by atoms with E-state index < -0.39 is 0 Å². The molecule has 1 aromatic carbocycles. The molecule has 0 radical (unpaired) electrons. The fourth-order valence-corrected chi connectivity index (χ4v) is 1.99. The lowest BCUT2D eigenvalue weighted by Gasteiger charge is -2.06. The summed E-state index contributed by atoms with van der Waals surface area (Å²) < 4.78 is 0. The third kappa shape index (κ3) is 3.98. The van der Waals surface area contributed by atoms with Crippen molar-refractivity contribution in [2.45, 2.75) is 26.7 Å². The topological polar surface area (TPSA) is 42.9 Å². The summed E-state index contributed by atoms with van der Waals surface area (Å²) in [6, 6.07) is 11.5. The van der Waals surface area contributed by atoms with Crippen molar-refractivity contribution in [1.29, 1.82) is 0 Å². The molecule has 1 heterocycles. The molecule has 19 heavy (non-hydrogen) atoms. The smallest absolute Gasteiger partial charge is 0.168 e. The van der Waals surface area contributed by atoms with Crippen LogP contribution in [-0.2, 0) is 12.8 Å². The molecule has 2 aromatic rings. The molecule has 0 spiro atoms. The van der Waals surface area contributed by atoms with Gasteiger partial charge in [-0.25, -0.2) is 0 Å². The van der Waals surface area contributed by atoms with Gasteiger partial charge in [0.15, 0.2) is 5.78 Å². The maximum Gasteiger partial charge on any atom is 0.168 e. The van der Waals surface area contributed by atoms with Gasteiger partial charge in [0.2, 0.25) is 0 Å². The van der Waals surface area contributed by atoms with Gasteiger partial charge in [-0.15, -0.1) is 0 Å². The second-order valence-electron chi connectivity index (χ2n) is 5.11. The van der Waals surface area contributed by atoms with Gasteiger partial charge in [-0.3, -0.25) is 4.79 Å². The standard InChI is InChI=1S/C16H18N2O/c1-12(2)10-13-5-7-14(8-6-13)16(19)11-15-4-3-9-17-18-15/h3-9,12H,10-11H2,1-2H3. The number of rotatable bonds is 5. The van der Waals surface area contributed by atoms with Gasteiger partial charge in [-0.05, 0) is 30.0 Å². The van der Waals surface area contributed by atoms with Crippen LogP contribution in [0.3, 0.4) is 0 Å². The van der Waals surface area contributed by atoms with E-state index in [9.17, 15) is 4.79 Å². The van der Waals surface area contributed by atoms with Gasteiger partial charge in [0.1, 0.15) is 0 Å². The van der Waals surface area contributed by atoms with E-state index in [0.717, 1.165) is 12.0 Å². The van der Waals surface area contributed by atoms with Crippen LogP contribution >= 0.6 is 0 Å². The predicted octanol–water partition coefficient (Wildman–Crippen LogP) is 3.10. The van der Waals surface area contributed by atoms with Gasteiger partial charge in [0.25, 0.3) is 0 Å². The first-order valence-electron chi connectivity index (χ1n) is 6.54. The van der Waals surface area contributed by atoms with Crippen molar-refractivity contribution in [3.63, 3.8) is 0 Å². The van der Waals surface area contributed by atoms with Crippen molar-refractivity contribution < 1.29 is 4.79 Å². The number of hydrogen-bond acceptors (Lipinski definition) is 3. The van der Waals surface area contributed by atoms with Crippen molar-refractivity contribution in [2.75, 3.05) is 0 Å². The highest BCUT2D eigenvalue weighted by Crippen LogP contribution is 2.11. The van der Waals surface area contributed by atoms with Crippen molar-refractivity contribution in [1.82, 2.24) is 10.2 Å². The molecule has 2 rings (SSSR count). The molecule has 0 saturated carbocycles. The second-order valence-corrected chi connectivity index (χ2v) is 5.11. The Balaban J connectivity index is 2.04. The minimum atomic E-state index is 0.0802. The lowest BCUT2D eigenvalue weighted by atomic mass is 9.99. The van der Waals surface area contributed by atoms with E-state index in [1.54, 1.807) is 12.3 Å². The molecule has 0 bridgehead atoms. The monoisotopic (exact) mass is 254 g/mol. The molecule has 0 saturated heterocycles. The number of Topliss-reactive ketones (excluding diaryl/α,β-unsaturated/α-hetero) is 1. The van der Waals surface area contributed by atoms with E-state index >= 15 is 0 Å². The molecule has 0 fully saturated rings. The number of aromatic nitrogens is 2. The first-order valence-corrected chi connectivity index (χ1v) is 6.54. The zero-order valence-corrected chi connectivity index (χ0v) is 11.3. The highest BCUT2D eigenvalue weighted by atomic mass is 16.1. The van der Waals surface area contributed by atoms with E-state index in [4.69, 9.17) is 0 Å². The molecule has 0 aliphatic rings. The lowest BCUT2D eigenvalue weighted by molar-refractivity contribution is 0.0991. The Hall–Kier alpha value is -2.03. The van der Waals surface area contributed by atoms with Crippen molar-refractivity contribution in [3.05, 3.63) is 59.4 Å². The number of nitrogens with zero attached hydrogens (tertiary/aromatic N) is 2. The third-order valence-corrected chi connectivity index (χ3v) is 2.89. The number of hydrogen-bond donors (Lipinski definition) is 0. The SMILES string of the molecule is CC(C)Cc1ccc(C(=O)Cc2cccnn2)cc1. The van der Waals surface area contributed by atoms with Crippen LogP contribution in [0.4, 0.5) is 0 Å². The van der Waals surface area contributed by atoms with E-state index in [2.05, 4.69) is 24.0 Å². The lowest BCUT2D eigenvalue weighted by Crippen LogP contribution is -2.06. The van der Waals surface area contributed by atoms with Crippen LogP contribution in [0.15, 0.2) is 42.6 Å². The number of benzene rings is 1. The molecule has 0 amide bonds. The summed E-state index contributed by atoms with van der Waals surface area (Å²) in [5.41, 5.74) is 2.71. The molecular formula is C16H18N2O. The first-order chi connectivity index (χ1) is 9.15. The Morgan fingerprint density at radius 3 is 2.47 bits per heavy atom. The fraction of sp³-hybridized carbons (Fsp3) is 0.312. The largest absolute Gasteiger partial charge is 0.294 e. The molecule has 0 aliphatic carbocycles. The van der Waals surface area contributed by atoms with Crippen LogP contribution in [-0.4, -0.2) is 16.0 Å². The quantitative estimate of drug-likeness (QED) is 0.770. The normalized spacial score (nSPS) is 10.7. The molecule has 0 N–H and O–H groups in total. The molecule has 0 unspecified atom stereocenters. The summed E-state index contributed by atoms with van der Waals surface area (Å²) >= 11 is 0. The van der Waals surface area contributed by atoms with Gasteiger partial charge in [-0.1, -0.05) is 38.1 Å². The molecule has 1 aromatic heterocycles. The van der Waals surface area contributed by atoms with Crippen LogP contribution in [0.1, 0.15) is 35.5 Å². The van der Waals surface area contributed by atoms with Crippen molar-refractivity contribution in [2.24, 2.45) is 5.92 Å². The van der Waals surface area contributed by atoms with Crippen LogP contribution in [0, 0.1) is 5.92 Å². The predicted molar refractivity (Wildman–Crippen MR) is 75.1 cm³/mol.